The van der Waals surface area contributed by atoms with Crippen LogP contribution in [0.5, 0.6) is 5.75 Å². The standard InChI is InChI=1S/C23H30N2O6S/c1-5-25(6-2)32(28,29)21-15-19(10-7-17(21)3)23(27)31-16-22(26)24-14-13-18-8-11-20(30-4)12-9-18/h7-12,15H,5-6,13-14,16H2,1-4H3,(H,24,26). The fraction of sp³-hybridized carbons (Fsp3) is 0.391. The number of ether oxygens (including phenoxy) is 2. The van der Waals surface area contributed by atoms with Gasteiger partial charge in [-0.1, -0.05) is 32.0 Å². The summed E-state index contributed by atoms with van der Waals surface area (Å²) in [6, 6.07) is 11.8. The Bertz CT molecular complexity index is 1030. The van der Waals surface area contributed by atoms with E-state index in [0.29, 0.717) is 31.6 Å². The van der Waals surface area contributed by atoms with Crippen LogP contribution in [0, 0.1) is 6.92 Å². The fourth-order valence-corrected chi connectivity index (χ4v) is 4.82. The molecule has 2 rings (SSSR count). The molecule has 0 heterocycles. The Morgan fingerprint density at radius 3 is 2.28 bits per heavy atom. The Morgan fingerprint density at radius 2 is 1.69 bits per heavy atom. The van der Waals surface area contributed by atoms with Crippen molar-refractivity contribution >= 4 is 21.9 Å². The van der Waals surface area contributed by atoms with Crippen molar-refractivity contribution < 1.29 is 27.5 Å². The van der Waals surface area contributed by atoms with Gasteiger partial charge >= 0.3 is 5.97 Å². The van der Waals surface area contributed by atoms with Crippen LogP contribution < -0.4 is 10.1 Å². The molecule has 2 aromatic carbocycles. The summed E-state index contributed by atoms with van der Waals surface area (Å²) in [4.78, 5) is 24.4. The summed E-state index contributed by atoms with van der Waals surface area (Å²) >= 11 is 0. The van der Waals surface area contributed by atoms with E-state index in [1.165, 1.54) is 16.4 Å². The van der Waals surface area contributed by atoms with E-state index in [1.54, 1.807) is 33.9 Å². The van der Waals surface area contributed by atoms with Crippen LogP contribution in [0.1, 0.15) is 35.3 Å². The van der Waals surface area contributed by atoms with E-state index < -0.39 is 28.5 Å². The second-order valence-electron chi connectivity index (χ2n) is 7.09. The first-order valence-corrected chi connectivity index (χ1v) is 11.8. The van der Waals surface area contributed by atoms with E-state index in [1.807, 2.05) is 24.3 Å². The number of nitrogens with zero attached hydrogens (tertiary/aromatic N) is 1. The highest BCUT2D eigenvalue weighted by Crippen LogP contribution is 2.21. The van der Waals surface area contributed by atoms with Crippen molar-refractivity contribution in [2.75, 3.05) is 33.4 Å². The first-order chi connectivity index (χ1) is 15.2. The molecule has 0 fully saturated rings. The van der Waals surface area contributed by atoms with Crippen molar-refractivity contribution in [2.24, 2.45) is 0 Å². The van der Waals surface area contributed by atoms with Gasteiger partial charge in [0.15, 0.2) is 6.61 Å². The van der Waals surface area contributed by atoms with Crippen molar-refractivity contribution in [3.8, 4) is 5.75 Å². The fourth-order valence-electron chi connectivity index (χ4n) is 3.11. The van der Waals surface area contributed by atoms with E-state index in [-0.39, 0.29) is 10.5 Å². The molecule has 174 valence electrons. The van der Waals surface area contributed by atoms with Gasteiger partial charge in [-0.2, -0.15) is 4.31 Å². The van der Waals surface area contributed by atoms with E-state index >= 15 is 0 Å². The number of hydrogen-bond acceptors (Lipinski definition) is 6. The molecule has 0 aliphatic heterocycles. The molecular formula is C23H30N2O6S. The highest BCUT2D eigenvalue weighted by molar-refractivity contribution is 7.89. The third-order valence-electron chi connectivity index (χ3n) is 4.98. The summed E-state index contributed by atoms with van der Waals surface area (Å²) in [5, 5.41) is 2.69. The van der Waals surface area contributed by atoms with E-state index in [9.17, 15) is 18.0 Å². The maximum atomic E-state index is 12.8. The summed E-state index contributed by atoms with van der Waals surface area (Å²) in [5.41, 5.74) is 1.64. The lowest BCUT2D eigenvalue weighted by atomic mass is 10.1. The first kappa shape index (κ1) is 25.4. The molecule has 0 aliphatic carbocycles. The van der Waals surface area contributed by atoms with Gasteiger partial charge in [0.1, 0.15) is 5.75 Å². The molecule has 2 aromatic rings. The molecular weight excluding hydrogens is 432 g/mol. The molecule has 0 saturated carbocycles. The van der Waals surface area contributed by atoms with E-state index in [0.717, 1.165) is 11.3 Å². The summed E-state index contributed by atoms with van der Waals surface area (Å²) in [6.45, 7) is 5.76. The quantitative estimate of drug-likeness (QED) is 0.515. The number of amides is 1. The van der Waals surface area contributed by atoms with Crippen LogP contribution in [0.3, 0.4) is 0 Å². The molecule has 0 aliphatic rings. The number of aryl methyl sites for hydroxylation is 1. The minimum Gasteiger partial charge on any atom is -0.497 e. The number of rotatable bonds is 11. The lowest BCUT2D eigenvalue weighted by Crippen LogP contribution is -2.31. The van der Waals surface area contributed by atoms with Crippen molar-refractivity contribution in [3.05, 3.63) is 59.2 Å². The molecule has 0 bridgehead atoms. The van der Waals surface area contributed by atoms with Crippen LogP contribution in [0.4, 0.5) is 0 Å². The van der Waals surface area contributed by atoms with E-state index in [2.05, 4.69) is 5.32 Å². The lowest BCUT2D eigenvalue weighted by Gasteiger charge is -2.20. The van der Waals surface area contributed by atoms with Crippen molar-refractivity contribution in [1.82, 2.24) is 9.62 Å². The van der Waals surface area contributed by atoms with Gasteiger partial charge in [-0.15, -0.1) is 0 Å². The van der Waals surface area contributed by atoms with Gasteiger partial charge in [0, 0.05) is 19.6 Å². The summed E-state index contributed by atoms with van der Waals surface area (Å²) in [6.07, 6.45) is 0.619. The molecule has 9 heteroatoms. The molecule has 8 nitrogen and oxygen atoms in total. The van der Waals surface area contributed by atoms with Crippen molar-refractivity contribution in [3.63, 3.8) is 0 Å². The van der Waals surface area contributed by atoms with Crippen LogP contribution in [-0.2, 0) is 26.0 Å². The predicted molar refractivity (Wildman–Crippen MR) is 121 cm³/mol. The average Bonchev–Trinajstić information content (AvgIpc) is 2.78. The number of nitrogens with one attached hydrogen (secondary N) is 1. The smallest absolute Gasteiger partial charge is 0.338 e. The SMILES string of the molecule is CCN(CC)S(=O)(=O)c1cc(C(=O)OCC(=O)NCCc2ccc(OC)cc2)ccc1C. The minimum absolute atomic E-state index is 0.0552. The largest absolute Gasteiger partial charge is 0.497 e. The zero-order valence-corrected chi connectivity index (χ0v) is 19.7. The maximum absolute atomic E-state index is 12.8. The number of esters is 1. The minimum atomic E-state index is -3.72. The number of sulfonamides is 1. The van der Waals surface area contributed by atoms with Gasteiger partial charge < -0.3 is 14.8 Å². The number of carbonyl (C=O) groups excluding carboxylic acids is 2. The topological polar surface area (TPSA) is 102 Å². The Morgan fingerprint density at radius 1 is 1.03 bits per heavy atom. The number of benzene rings is 2. The first-order valence-electron chi connectivity index (χ1n) is 10.4. The van der Waals surface area contributed by atoms with Gasteiger partial charge in [0.2, 0.25) is 10.0 Å². The molecule has 0 saturated heterocycles. The number of carbonyl (C=O) groups is 2. The van der Waals surface area contributed by atoms with Gasteiger partial charge in [-0.25, -0.2) is 13.2 Å². The molecule has 0 spiro atoms. The molecule has 1 amide bonds. The second-order valence-corrected chi connectivity index (χ2v) is 9.00. The van der Waals surface area contributed by atoms with Gasteiger partial charge in [-0.05, 0) is 48.7 Å². The molecule has 32 heavy (non-hydrogen) atoms. The Kier molecular flexibility index (Phi) is 9.22. The highest BCUT2D eigenvalue weighted by Gasteiger charge is 2.25. The molecule has 0 atom stereocenters. The van der Waals surface area contributed by atoms with Crippen LogP contribution in [-0.4, -0.2) is 58.0 Å². The lowest BCUT2D eigenvalue weighted by molar-refractivity contribution is -0.124. The summed E-state index contributed by atoms with van der Waals surface area (Å²) < 4.78 is 37.2. The third kappa shape index (κ3) is 6.54. The van der Waals surface area contributed by atoms with Crippen molar-refractivity contribution in [1.29, 1.82) is 0 Å². The normalized spacial score (nSPS) is 11.3. The van der Waals surface area contributed by atoms with E-state index in [4.69, 9.17) is 9.47 Å². The summed E-state index contributed by atoms with van der Waals surface area (Å²) in [5.74, 6) is -0.435. The summed E-state index contributed by atoms with van der Waals surface area (Å²) in [7, 11) is -2.13. The Hall–Kier alpha value is -2.91. The van der Waals surface area contributed by atoms with Crippen molar-refractivity contribution in [2.45, 2.75) is 32.1 Å². The van der Waals surface area contributed by atoms with Gasteiger partial charge in [0.25, 0.3) is 5.91 Å². The highest BCUT2D eigenvalue weighted by atomic mass is 32.2. The van der Waals surface area contributed by atoms with Gasteiger partial charge in [-0.3, -0.25) is 4.79 Å². The number of methoxy groups -OCH3 is 1. The molecule has 1 N–H and O–H groups in total. The van der Waals surface area contributed by atoms with Crippen LogP contribution in [0.25, 0.3) is 0 Å². The maximum Gasteiger partial charge on any atom is 0.338 e. The zero-order valence-electron chi connectivity index (χ0n) is 18.9. The van der Waals surface area contributed by atoms with Gasteiger partial charge in [0.05, 0.1) is 17.6 Å². The zero-order chi connectivity index (χ0) is 23.7. The van der Waals surface area contributed by atoms with Crippen LogP contribution in [0.2, 0.25) is 0 Å². The molecule has 0 unspecified atom stereocenters. The third-order valence-corrected chi connectivity index (χ3v) is 7.17. The Labute approximate surface area is 189 Å². The van der Waals surface area contributed by atoms with Crippen LogP contribution in [0.15, 0.2) is 47.4 Å². The predicted octanol–water partition coefficient (Wildman–Crippen LogP) is 2.55. The molecule has 0 radical (unpaired) electrons. The monoisotopic (exact) mass is 462 g/mol. The Balaban J connectivity index is 1.92. The average molecular weight is 463 g/mol. The number of hydrogen-bond donors (Lipinski definition) is 1. The second kappa shape index (κ2) is 11.6. The van der Waals surface area contributed by atoms with Crippen LogP contribution >= 0.6 is 0 Å². The molecule has 0 aromatic heterocycles.